The highest BCUT2D eigenvalue weighted by Gasteiger charge is 2.17. The van der Waals surface area contributed by atoms with Crippen LogP contribution in [0.5, 0.6) is 40.2 Å². The summed E-state index contributed by atoms with van der Waals surface area (Å²) in [4.78, 5) is 69.1. The minimum Gasteiger partial charge on any atom is -0.507 e. The van der Waals surface area contributed by atoms with Crippen molar-refractivity contribution in [1.29, 1.82) is 0 Å². The second kappa shape index (κ2) is 28.7. The van der Waals surface area contributed by atoms with Gasteiger partial charge in [-0.2, -0.15) is 0 Å². The molecule has 3 N–H and O–H groups in total. The molecule has 15 heteroatoms. The molecule has 0 aliphatic heterocycles. The predicted molar refractivity (Wildman–Crippen MR) is 263 cm³/mol. The van der Waals surface area contributed by atoms with Crippen LogP contribution in [0.4, 0.5) is 5.69 Å². The molecule has 0 aliphatic carbocycles. The molecule has 0 spiro atoms. The molecule has 15 nitrogen and oxygen atoms in total. The van der Waals surface area contributed by atoms with E-state index in [1.807, 2.05) is 6.07 Å². The zero-order valence-corrected chi connectivity index (χ0v) is 39.7. The van der Waals surface area contributed by atoms with Gasteiger partial charge >= 0.3 is 5.97 Å². The summed E-state index contributed by atoms with van der Waals surface area (Å²) in [6, 6.07) is 39.9. The molecule has 1 amide bonds. The van der Waals surface area contributed by atoms with Gasteiger partial charge in [-0.05, 0) is 110 Å². The second-order valence-corrected chi connectivity index (χ2v) is 15.3. The zero-order valence-electron chi connectivity index (χ0n) is 39.7. The average molecular weight is 956 g/mol. The molecule has 6 aromatic rings. The number of ketones is 4. The van der Waals surface area contributed by atoms with Crippen molar-refractivity contribution in [1.82, 2.24) is 0 Å². The maximum absolute atomic E-state index is 12.5. The first-order valence-electron chi connectivity index (χ1n) is 22.1. The fourth-order valence-corrected chi connectivity index (χ4v) is 6.33. The minimum atomic E-state index is -0.899. The maximum atomic E-state index is 12.5. The normalized spacial score (nSPS) is 10.1. The number of benzene rings is 6. The Labute approximate surface area is 406 Å². The monoisotopic (exact) mass is 955 g/mol. The number of carboxylic acid groups (broad SMARTS) is 1. The van der Waals surface area contributed by atoms with Gasteiger partial charge in [0.25, 0.3) is 5.91 Å². The van der Waals surface area contributed by atoms with Crippen molar-refractivity contribution < 1.29 is 67.4 Å². The van der Waals surface area contributed by atoms with Crippen LogP contribution in [-0.4, -0.2) is 86.4 Å². The number of carbonyl (C=O) groups is 6. The average Bonchev–Trinajstić information content (AvgIpc) is 3.35. The first kappa shape index (κ1) is 54.1. The van der Waals surface area contributed by atoms with Crippen molar-refractivity contribution in [3.63, 3.8) is 0 Å². The van der Waals surface area contributed by atoms with Crippen LogP contribution in [0, 0.1) is 0 Å². The summed E-state index contributed by atoms with van der Waals surface area (Å²) in [7, 11) is 4.54. The van der Waals surface area contributed by atoms with Crippen LogP contribution in [0.1, 0.15) is 75.3 Å². The van der Waals surface area contributed by atoms with Crippen LogP contribution in [0.2, 0.25) is 0 Å². The molecule has 0 saturated carbocycles. The first-order valence-corrected chi connectivity index (χ1v) is 22.1. The molecule has 0 atom stereocenters. The van der Waals surface area contributed by atoms with E-state index in [0.717, 1.165) is 11.1 Å². The van der Waals surface area contributed by atoms with E-state index in [0.29, 0.717) is 82.9 Å². The van der Waals surface area contributed by atoms with Gasteiger partial charge in [-0.15, -0.1) is 0 Å². The summed E-state index contributed by atoms with van der Waals surface area (Å²) in [5.41, 5.74) is 3.57. The number of para-hydroxylation sites is 3. The Morgan fingerprint density at radius 3 is 1.37 bits per heavy atom. The van der Waals surface area contributed by atoms with E-state index in [1.54, 1.807) is 127 Å². The highest BCUT2D eigenvalue weighted by atomic mass is 16.5. The lowest BCUT2D eigenvalue weighted by Gasteiger charge is -2.13. The Morgan fingerprint density at radius 2 is 0.900 bits per heavy atom. The molecule has 0 unspecified atom stereocenters. The summed E-state index contributed by atoms with van der Waals surface area (Å²) in [5.74, 6) is 2.12. The Morgan fingerprint density at radius 1 is 0.471 bits per heavy atom. The number of hydrogen-bond donors (Lipinski definition) is 3. The summed E-state index contributed by atoms with van der Waals surface area (Å²) >= 11 is 0. The standard InChI is InChI=1S/C19H21NO5.C18H18O5.C18H18O4/c1-13(21)11-12-25-15-9-7-14(8-10-15)20-19(22)16-5-4-6-17(23-2)18(16)24-3;1-22-17-5-3-2-4-15(17)16(19)12-13-6-8-14(9-7-13)23-11-10-18(20)21;1-13(19)10-11-22-15-8-6-14(7-9-15)12-18(21)16-4-2-3-5-17(16)20/h4-10H,11-12H2,1-3H3,(H,20,22);2-9H,10-12H2,1H3,(H,20,21);2-9,20H,10-12H2,1H3. The zero-order chi connectivity index (χ0) is 50.8. The lowest BCUT2D eigenvalue weighted by molar-refractivity contribution is -0.137. The van der Waals surface area contributed by atoms with Crippen LogP contribution >= 0.6 is 0 Å². The summed E-state index contributed by atoms with van der Waals surface area (Å²) < 4.78 is 31.9. The van der Waals surface area contributed by atoms with Gasteiger partial charge in [0.05, 0.1) is 64.3 Å². The highest BCUT2D eigenvalue weighted by molar-refractivity contribution is 6.07. The van der Waals surface area contributed by atoms with E-state index in [1.165, 1.54) is 41.2 Å². The molecule has 0 aliphatic rings. The number of anilines is 1. The number of Topliss-reactive ketones (excluding diaryl/α,β-unsaturated/α-hetero) is 4. The Bertz CT molecular complexity index is 2660. The van der Waals surface area contributed by atoms with Gasteiger partial charge in [-0.1, -0.05) is 54.6 Å². The van der Waals surface area contributed by atoms with E-state index in [9.17, 15) is 33.9 Å². The molecule has 0 radical (unpaired) electrons. The van der Waals surface area contributed by atoms with E-state index in [4.69, 9.17) is 33.5 Å². The second-order valence-electron chi connectivity index (χ2n) is 15.3. The number of nitrogens with one attached hydrogen (secondary N) is 1. The molecular formula is C55H57NO14. The van der Waals surface area contributed by atoms with Crippen molar-refractivity contribution in [3.05, 3.63) is 167 Å². The van der Waals surface area contributed by atoms with E-state index >= 15 is 0 Å². The van der Waals surface area contributed by atoms with Gasteiger partial charge in [-0.25, -0.2) is 0 Å². The van der Waals surface area contributed by atoms with E-state index in [-0.39, 0.29) is 60.7 Å². The molecular weight excluding hydrogens is 899 g/mol. The Kier molecular flexibility index (Phi) is 22.2. The fourth-order valence-electron chi connectivity index (χ4n) is 6.33. The number of rotatable bonds is 23. The molecule has 0 fully saturated rings. The maximum Gasteiger partial charge on any atom is 0.306 e. The number of aliphatic carboxylic acids is 1. The quantitative estimate of drug-likeness (QED) is 0.0511. The smallest absolute Gasteiger partial charge is 0.306 e. The first-order chi connectivity index (χ1) is 33.7. The highest BCUT2D eigenvalue weighted by Crippen LogP contribution is 2.31. The third-order valence-electron chi connectivity index (χ3n) is 9.98. The summed E-state index contributed by atoms with van der Waals surface area (Å²) in [6.07, 6.45) is 1.18. The van der Waals surface area contributed by atoms with Crippen molar-refractivity contribution in [2.24, 2.45) is 0 Å². The number of carbonyl (C=O) groups excluding carboxylic acids is 5. The van der Waals surface area contributed by atoms with Crippen LogP contribution in [0.25, 0.3) is 0 Å². The molecule has 0 bridgehead atoms. The Hall–Kier alpha value is -8.46. The van der Waals surface area contributed by atoms with Crippen LogP contribution in [-0.2, 0) is 27.2 Å². The van der Waals surface area contributed by atoms with Gasteiger partial charge in [0.1, 0.15) is 40.3 Å². The van der Waals surface area contributed by atoms with Gasteiger partial charge < -0.3 is 44.0 Å². The van der Waals surface area contributed by atoms with E-state index in [2.05, 4.69) is 5.32 Å². The fraction of sp³-hybridized carbons (Fsp3) is 0.236. The van der Waals surface area contributed by atoms with E-state index < -0.39 is 5.97 Å². The number of phenolic OH excluding ortho intramolecular Hbond substituents is 1. The Balaban J connectivity index is 0.000000229. The molecule has 0 saturated heterocycles. The molecule has 6 aromatic carbocycles. The number of ether oxygens (including phenoxy) is 6. The van der Waals surface area contributed by atoms with Crippen molar-refractivity contribution >= 4 is 40.7 Å². The van der Waals surface area contributed by atoms with Crippen molar-refractivity contribution in [3.8, 4) is 40.2 Å². The number of phenols is 1. The van der Waals surface area contributed by atoms with Crippen LogP contribution in [0.3, 0.4) is 0 Å². The molecule has 70 heavy (non-hydrogen) atoms. The lowest BCUT2D eigenvalue weighted by atomic mass is 10.0. The van der Waals surface area contributed by atoms with Crippen molar-refractivity contribution in [2.45, 2.75) is 46.0 Å². The van der Waals surface area contributed by atoms with Crippen molar-refractivity contribution in [2.75, 3.05) is 46.5 Å². The van der Waals surface area contributed by atoms with Gasteiger partial charge in [0.15, 0.2) is 23.1 Å². The number of amides is 1. The third kappa shape index (κ3) is 18.3. The number of hydrogen-bond acceptors (Lipinski definition) is 13. The predicted octanol–water partition coefficient (Wildman–Crippen LogP) is 9.46. The molecule has 0 heterocycles. The molecule has 0 aromatic heterocycles. The summed E-state index contributed by atoms with van der Waals surface area (Å²) in [6.45, 7) is 3.86. The topological polar surface area (TPSA) is 210 Å². The van der Waals surface area contributed by atoms with Gasteiger partial charge in [-0.3, -0.25) is 28.8 Å². The van der Waals surface area contributed by atoms with Crippen LogP contribution in [0.15, 0.2) is 140 Å². The number of carboxylic acids is 1. The largest absolute Gasteiger partial charge is 0.507 e. The SMILES string of the molecule is CC(=O)CCOc1ccc(CC(=O)c2ccccc2O)cc1.COc1cccc(C(=O)Nc2ccc(OCCC(C)=O)cc2)c1OC.COc1ccccc1C(=O)Cc1ccc(OCCC(=O)O)cc1. The lowest BCUT2D eigenvalue weighted by Crippen LogP contribution is -2.13. The number of methoxy groups -OCH3 is 3. The minimum absolute atomic E-state index is 0.00307. The van der Waals surface area contributed by atoms with Gasteiger partial charge in [0.2, 0.25) is 0 Å². The van der Waals surface area contributed by atoms with Gasteiger partial charge in [0, 0.05) is 31.4 Å². The summed E-state index contributed by atoms with van der Waals surface area (Å²) in [5, 5.41) is 21.0. The molecule has 366 valence electrons. The number of aromatic hydroxyl groups is 1. The molecule has 6 rings (SSSR count). The third-order valence-corrected chi connectivity index (χ3v) is 9.98. The van der Waals surface area contributed by atoms with Crippen LogP contribution < -0.4 is 33.7 Å².